The van der Waals surface area contributed by atoms with Gasteiger partial charge in [0.25, 0.3) is 5.91 Å². The fourth-order valence-electron chi connectivity index (χ4n) is 3.55. The maximum Gasteiger partial charge on any atom is 0.274 e. The van der Waals surface area contributed by atoms with Crippen LogP contribution in [0.1, 0.15) is 28.4 Å². The topological polar surface area (TPSA) is 49.6 Å². The van der Waals surface area contributed by atoms with Gasteiger partial charge in [-0.25, -0.2) is 4.98 Å². The first-order valence-electron chi connectivity index (χ1n) is 8.90. The number of pyridine rings is 1. The predicted molar refractivity (Wildman–Crippen MR) is 97.7 cm³/mol. The first kappa shape index (κ1) is 16.7. The van der Waals surface area contributed by atoms with Crippen LogP contribution in [0.2, 0.25) is 0 Å². The van der Waals surface area contributed by atoms with E-state index in [1.807, 2.05) is 6.07 Å². The summed E-state index contributed by atoms with van der Waals surface area (Å²) < 4.78 is 15.6. The first-order valence-corrected chi connectivity index (χ1v) is 8.90. The fourth-order valence-corrected chi connectivity index (χ4v) is 3.55. The van der Waals surface area contributed by atoms with Crippen LogP contribution < -0.4 is 5.32 Å². The number of imidazole rings is 1. The van der Waals surface area contributed by atoms with Crippen LogP contribution in [0.25, 0.3) is 5.65 Å². The smallest absolute Gasteiger partial charge is 0.274 e. The van der Waals surface area contributed by atoms with E-state index >= 15 is 0 Å². The highest BCUT2D eigenvalue weighted by Crippen LogP contribution is 2.26. The highest BCUT2D eigenvalue weighted by Gasteiger charge is 2.24. The summed E-state index contributed by atoms with van der Waals surface area (Å²) in [5, 5.41) is 2.79. The van der Waals surface area contributed by atoms with Gasteiger partial charge in [0.2, 0.25) is 5.95 Å². The number of amides is 1. The first-order chi connectivity index (χ1) is 12.7. The number of likely N-dealkylation sites (tertiary alicyclic amines) is 1. The molecule has 1 aliphatic rings. The van der Waals surface area contributed by atoms with E-state index in [1.54, 1.807) is 24.4 Å². The second-order valence-corrected chi connectivity index (χ2v) is 6.63. The number of hydrogen-bond acceptors (Lipinski definition) is 3. The van der Waals surface area contributed by atoms with Crippen molar-refractivity contribution >= 4 is 11.6 Å². The molecule has 26 heavy (non-hydrogen) atoms. The molecular formula is C20H21FN4O. The molecule has 1 atom stereocenters. The Hall–Kier alpha value is -2.73. The summed E-state index contributed by atoms with van der Waals surface area (Å²) in [7, 11) is 0. The Balaban J connectivity index is 1.31. The Morgan fingerprint density at radius 3 is 2.81 bits per heavy atom. The van der Waals surface area contributed by atoms with Gasteiger partial charge in [-0.3, -0.25) is 9.20 Å². The third-order valence-electron chi connectivity index (χ3n) is 4.94. The van der Waals surface area contributed by atoms with E-state index in [-0.39, 0.29) is 5.69 Å². The molecule has 1 saturated heterocycles. The average molecular weight is 352 g/mol. The minimum Gasteiger partial charge on any atom is -0.349 e. The molecule has 0 saturated carbocycles. The van der Waals surface area contributed by atoms with Crippen LogP contribution in [0.3, 0.4) is 0 Å². The molecule has 0 spiro atoms. The monoisotopic (exact) mass is 352 g/mol. The van der Waals surface area contributed by atoms with Gasteiger partial charge in [-0.05, 0) is 36.6 Å². The van der Waals surface area contributed by atoms with Crippen molar-refractivity contribution < 1.29 is 9.18 Å². The zero-order chi connectivity index (χ0) is 17.9. The second kappa shape index (κ2) is 7.25. The summed E-state index contributed by atoms with van der Waals surface area (Å²) >= 11 is 0. The van der Waals surface area contributed by atoms with E-state index < -0.39 is 11.9 Å². The Bertz CT molecular complexity index is 909. The summed E-state index contributed by atoms with van der Waals surface area (Å²) in [6, 6.07) is 15.7. The number of rotatable bonds is 5. The molecule has 1 N–H and O–H groups in total. The Morgan fingerprint density at radius 1 is 1.19 bits per heavy atom. The van der Waals surface area contributed by atoms with E-state index in [1.165, 1.54) is 9.96 Å². The molecule has 2 aromatic heterocycles. The fraction of sp³-hybridized carbons (Fsp3) is 0.300. The van der Waals surface area contributed by atoms with E-state index in [9.17, 15) is 9.18 Å². The van der Waals surface area contributed by atoms with Crippen LogP contribution in [-0.4, -0.2) is 46.4 Å². The third-order valence-corrected chi connectivity index (χ3v) is 4.94. The molecule has 0 unspecified atom stereocenters. The van der Waals surface area contributed by atoms with Gasteiger partial charge in [-0.15, -0.1) is 0 Å². The molecule has 3 heterocycles. The molecule has 5 nitrogen and oxygen atoms in total. The van der Waals surface area contributed by atoms with Gasteiger partial charge in [0.1, 0.15) is 5.65 Å². The van der Waals surface area contributed by atoms with Crippen LogP contribution in [0, 0.1) is 5.95 Å². The maximum absolute atomic E-state index is 14.3. The van der Waals surface area contributed by atoms with Crippen LogP contribution >= 0.6 is 0 Å². The summed E-state index contributed by atoms with van der Waals surface area (Å²) in [6.07, 6.45) is 2.68. The number of halogens is 1. The van der Waals surface area contributed by atoms with Crippen LogP contribution in [-0.2, 0) is 0 Å². The molecule has 1 amide bonds. The lowest BCUT2D eigenvalue weighted by molar-refractivity contribution is 0.0940. The van der Waals surface area contributed by atoms with Crippen LogP contribution in [0.4, 0.5) is 4.39 Å². The van der Waals surface area contributed by atoms with Crippen molar-refractivity contribution in [2.75, 3.05) is 26.2 Å². The molecule has 1 aliphatic heterocycles. The van der Waals surface area contributed by atoms with Crippen molar-refractivity contribution in [2.24, 2.45) is 0 Å². The minimum absolute atomic E-state index is 0.153. The Kier molecular flexibility index (Phi) is 4.67. The van der Waals surface area contributed by atoms with Gasteiger partial charge in [-0.2, -0.15) is 4.39 Å². The summed E-state index contributed by atoms with van der Waals surface area (Å²) in [5.41, 5.74) is 1.64. The highest BCUT2D eigenvalue weighted by atomic mass is 19.1. The predicted octanol–water partition coefficient (Wildman–Crippen LogP) is 2.69. The molecule has 3 aromatic rings. The van der Waals surface area contributed by atoms with E-state index in [2.05, 4.69) is 39.5 Å². The molecule has 1 fully saturated rings. The lowest BCUT2D eigenvalue weighted by atomic mass is 9.99. The number of nitrogens with one attached hydrogen (secondary N) is 1. The van der Waals surface area contributed by atoms with Gasteiger partial charge in [-0.1, -0.05) is 36.4 Å². The molecule has 4 rings (SSSR count). The number of carbonyl (C=O) groups is 1. The quantitative estimate of drug-likeness (QED) is 0.768. The largest absolute Gasteiger partial charge is 0.349 e. The summed E-state index contributed by atoms with van der Waals surface area (Å²) in [4.78, 5) is 18.7. The van der Waals surface area contributed by atoms with Crippen molar-refractivity contribution in [3.63, 3.8) is 0 Å². The molecule has 0 aliphatic carbocycles. The summed E-state index contributed by atoms with van der Waals surface area (Å²) in [6.45, 7) is 3.23. The van der Waals surface area contributed by atoms with Gasteiger partial charge in [0.15, 0.2) is 5.69 Å². The summed E-state index contributed by atoms with van der Waals surface area (Å²) in [5.74, 6) is -0.545. The van der Waals surface area contributed by atoms with Crippen molar-refractivity contribution in [1.29, 1.82) is 0 Å². The number of carbonyl (C=O) groups excluding carboxylic acids is 1. The zero-order valence-electron chi connectivity index (χ0n) is 14.4. The van der Waals surface area contributed by atoms with Gasteiger partial charge in [0, 0.05) is 25.8 Å². The number of hydrogen-bond donors (Lipinski definition) is 1. The molecule has 134 valence electrons. The van der Waals surface area contributed by atoms with Crippen LogP contribution in [0.5, 0.6) is 0 Å². The van der Waals surface area contributed by atoms with Crippen molar-refractivity contribution in [2.45, 2.75) is 12.3 Å². The molecule has 6 heteroatoms. The maximum atomic E-state index is 14.3. The number of benzene rings is 1. The van der Waals surface area contributed by atoms with Gasteiger partial charge < -0.3 is 10.2 Å². The molecule has 0 radical (unpaired) electrons. The normalized spacial score (nSPS) is 17.7. The number of aromatic nitrogens is 2. The Morgan fingerprint density at radius 2 is 2.00 bits per heavy atom. The molecule has 1 aromatic carbocycles. The number of fused-ring (bicyclic) bond motifs is 1. The average Bonchev–Trinajstić information content (AvgIpc) is 3.28. The second-order valence-electron chi connectivity index (χ2n) is 6.63. The molecular weight excluding hydrogens is 331 g/mol. The zero-order valence-corrected chi connectivity index (χ0v) is 14.4. The third kappa shape index (κ3) is 3.32. The van der Waals surface area contributed by atoms with Crippen LogP contribution in [0.15, 0.2) is 54.7 Å². The molecule has 0 bridgehead atoms. The Labute approximate surface area is 151 Å². The lowest BCUT2D eigenvalue weighted by Crippen LogP contribution is -2.34. The minimum atomic E-state index is -0.622. The standard InChI is InChI=1S/C20H21FN4O/c21-19-18(23-17-8-4-5-11-25(17)19)20(26)22-10-13-24-12-9-16(14-24)15-6-2-1-3-7-15/h1-8,11,16H,9-10,12-14H2,(H,22,26)/t16-/m0/s1. The van der Waals surface area contributed by atoms with Gasteiger partial charge in [0.05, 0.1) is 0 Å². The van der Waals surface area contributed by atoms with E-state index in [0.717, 1.165) is 26.1 Å². The van der Waals surface area contributed by atoms with Crippen molar-refractivity contribution in [1.82, 2.24) is 19.6 Å². The number of nitrogens with zero attached hydrogens (tertiary/aromatic N) is 3. The van der Waals surface area contributed by atoms with E-state index in [4.69, 9.17) is 0 Å². The van der Waals surface area contributed by atoms with E-state index in [0.29, 0.717) is 18.1 Å². The van der Waals surface area contributed by atoms with Crippen molar-refractivity contribution in [3.8, 4) is 0 Å². The lowest BCUT2D eigenvalue weighted by Gasteiger charge is -2.16. The van der Waals surface area contributed by atoms with Gasteiger partial charge >= 0.3 is 0 Å². The van der Waals surface area contributed by atoms with Crippen molar-refractivity contribution in [3.05, 3.63) is 71.9 Å². The highest BCUT2D eigenvalue weighted by molar-refractivity contribution is 5.93. The SMILES string of the molecule is O=C(NCCN1CC[C@H](c2ccccc2)C1)c1nc2ccccn2c1F.